The molecule has 0 aliphatic carbocycles. The van der Waals surface area contributed by atoms with Crippen LogP contribution in [-0.4, -0.2) is 15.6 Å². The van der Waals surface area contributed by atoms with E-state index in [-0.39, 0.29) is 5.56 Å². The van der Waals surface area contributed by atoms with Gasteiger partial charge in [-0.25, -0.2) is 4.79 Å². The number of aromatic nitrogens is 1. The first kappa shape index (κ1) is 17.1. The minimum absolute atomic E-state index is 0.182. The molecule has 0 bridgehead atoms. The number of nitrogens with zero attached hydrogens (tertiary/aromatic N) is 1. The Morgan fingerprint density at radius 2 is 1.96 bits per heavy atom. The van der Waals surface area contributed by atoms with E-state index in [1.165, 1.54) is 6.07 Å². The van der Waals surface area contributed by atoms with Gasteiger partial charge >= 0.3 is 12.1 Å². The van der Waals surface area contributed by atoms with Crippen molar-refractivity contribution in [2.75, 3.05) is 0 Å². The third kappa shape index (κ3) is 3.11. The molecule has 0 saturated heterocycles. The summed E-state index contributed by atoms with van der Waals surface area (Å²) < 4.78 is 40.5. The summed E-state index contributed by atoms with van der Waals surface area (Å²) in [6.45, 7) is 3.57. The highest BCUT2D eigenvalue weighted by molar-refractivity contribution is 5.94. The molecule has 1 aromatic heterocycles. The fraction of sp³-hybridized carbons (Fsp3) is 0.353. The summed E-state index contributed by atoms with van der Waals surface area (Å²) in [6, 6.07) is 5.00. The maximum Gasteiger partial charge on any atom is 0.416 e. The monoisotopic (exact) mass is 325 g/mol. The molecule has 0 spiro atoms. The zero-order valence-electron chi connectivity index (χ0n) is 13.2. The molecule has 2 rings (SSSR count). The Morgan fingerprint density at radius 3 is 2.48 bits per heavy atom. The molecule has 6 heteroatoms. The van der Waals surface area contributed by atoms with Gasteiger partial charge in [0.05, 0.1) is 16.8 Å². The van der Waals surface area contributed by atoms with Crippen LogP contribution in [0.15, 0.2) is 24.3 Å². The zero-order valence-corrected chi connectivity index (χ0v) is 13.2. The number of hydrogen-bond acceptors (Lipinski definition) is 1. The van der Waals surface area contributed by atoms with E-state index in [9.17, 15) is 23.1 Å². The summed E-state index contributed by atoms with van der Waals surface area (Å²) in [7, 11) is 1.68. The SMILES string of the molecule is CCCc1c(C(=O)O)c(C)n(C)c1-c1cccc(C(F)(F)F)c1. The lowest BCUT2D eigenvalue weighted by atomic mass is 9.99. The first-order valence-corrected chi connectivity index (χ1v) is 7.27. The lowest BCUT2D eigenvalue weighted by Crippen LogP contribution is -2.05. The quantitative estimate of drug-likeness (QED) is 0.887. The summed E-state index contributed by atoms with van der Waals surface area (Å²) in [5.74, 6) is -1.06. The molecular weight excluding hydrogens is 307 g/mol. The smallest absolute Gasteiger partial charge is 0.416 e. The first-order chi connectivity index (χ1) is 10.7. The zero-order chi connectivity index (χ0) is 17.4. The van der Waals surface area contributed by atoms with Crippen molar-refractivity contribution in [1.29, 1.82) is 0 Å². The number of benzene rings is 1. The van der Waals surface area contributed by atoms with Crippen LogP contribution in [0.1, 0.15) is 40.5 Å². The van der Waals surface area contributed by atoms with E-state index in [0.29, 0.717) is 35.4 Å². The van der Waals surface area contributed by atoms with E-state index in [2.05, 4.69) is 0 Å². The lowest BCUT2D eigenvalue weighted by Gasteiger charge is -2.12. The first-order valence-electron chi connectivity index (χ1n) is 7.27. The summed E-state index contributed by atoms with van der Waals surface area (Å²) >= 11 is 0. The van der Waals surface area contributed by atoms with Gasteiger partial charge in [-0.05, 0) is 36.6 Å². The third-order valence-electron chi connectivity index (χ3n) is 3.97. The van der Waals surface area contributed by atoms with E-state index >= 15 is 0 Å². The second-order valence-electron chi connectivity index (χ2n) is 5.48. The Hall–Kier alpha value is -2.24. The molecule has 3 nitrogen and oxygen atoms in total. The molecule has 0 atom stereocenters. The van der Waals surface area contributed by atoms with Gasteiger partial charge in [-0.3, -0.25) is 0 Å². The van der Waals surface area contributed by atoms with Gasteiger partial charge in [0.25, 0.3) is 0 Å². The Kier molecular flexibility index (Phi) is 4.54. The maximum absolute atomic E-state index is 12.9. The van der Waals surface area contributed by atoms with Crippen molar-refractivity contribution >= 4 is 5.97 Å². The molecule has 0 unspecified atom stereocenters. The molecular formula is C17H18F3NO2. The highest BCUT2D eigenvalue weighted by Crippen LogP contribution is 2.36. The topological polar surface area (TPSA) is 42.2 Å². The minimum atomic E-state index is -4.43. The molecule has 124 valence electrons. The number of carboxylic acids is 1. The van der Waals surface area contributed by atoms with Gasteiger partial charge in [-0.1, -0.05) is 25.5 Å². The molecule has 0 radical (unpaired) electrons. The number of carboxylic acid groups (broad SMARTS) is 1. The van der Waals surface area contributed by atoms with Crippen LogP contribution in [0, 0.1) is 6.92 Å². The van der Waals surface area contributed by atoms with E-state index in [1.807, 2.05) is 6.92 Å². The molecule has 23 heavy (non-hydrogen) atoms. The number of aromatic carboxylic acids is 1. The molecule has 2 aromatic rings. The van der Waals surface area contributed by atoms with Gasteiger partial charge in [0.1, 0.15) is 0 Å². The molecule has 0 fully saturated rings. The van der Waals surface area contributed by atoms with Gasteiger partial charge in [0.15, 0.2) is 0 Å². The second-order valence-corrected chi connectivity index (χ2v) is 5.48. The fourth-order valence-electron chi connectivity index (χ4n) is 2.86. The van der Waals surface area contributed by atoms with Crippen LogP contribution in [0.4, 0.5) is 13.2 Å². The maximum atomic E-state index is 12.9. The standard InChI is InChI=1S/C17H18F3NO2/c1-4-6-13-14(16(22)23)10(2)21(3)15(13)11-7-5-8-12(9-11)17(18,19)20/h5,7-9H,4,6H2,1-3H3,(H,22,23). The largest absolute Gasteiger partial charge is 0.478 e. The van der Waals surface area contributed by atoms with Gasteiger partial charge in [0, 0.05) is 12.7 Å². The van der Waals surface area contributed by atoms with Crippen molar-refractivity contribution in [3.8, 4) is 11.3 Å². The second kappa shape index (κ2) is 6.10. The van der Waals surface area contributed by atoms with Crippen LogP contribution < -0.4 is 0 Å². The predicted octanol–water partition coefficient (Wildman–Crippen LogP) is 4.67. The summed E-state index contributed by atoms with van der Waals surface area (Å²) in [4.78, 5) is 11.5. The molecule has 1 aromatic carbocycles. The molecule has 0 saturated carbocycles. The molecule has 1 N–H and O–H groups in total. The molecule has 0 aliphatic rings. The van der Waals surface area contributed by atoms with E-state index in [1.54, 1.807) is 24.6 Å². The predicted molar refractivity (Wildman–Crippen MR) is 81.5 cm³/mol. The Balaban J connectivity index is 2.73. The summed E-state index contributed by atoms with van der Waals surface area (Å²) in [5.41, 5.74) is 1.47. The highest BCUT2D eigenvalue weighted by atomic mass is 19.4. The normalized spacial score (nSPS) is 11.7. The molecule has 0 aliphatic heterocycles. The van der Waals surface area contributed by atoms with E-state index in [4.69, 9.17) is 0 Å². The molecule has 0 amide bonds. The number of alkyl halides is 3. The van der Waals surface area contributed by atoms with Crippen molar-refractivity contribution in [3.63, 3.8) is 0 Å². The molecule has 1 heterocycles. The van der Waals surface area contributed by atoms with Gasteiger partial charge < -0.3 is 9.67 Å². The van der Waals surface area contributed by atoms with E-state index < -0.39 is 17.7 Å². The van der Waals surface area contributed by atoms with Crippen molar-refractivity contribution in [2.45, 2.75) is 32.9 Å². The number of halogens is 3. The number of hydrogen-bond donors (Lipinski definition) is 1. The van der Waals surface area contributed by atoms with Crippen molar-refractivity contribution < 1.29 is 23.1 Å². The summed E-state index contributed by atoms with van der Waals surface area (Å²) in [6.07, 6.45) is -3.23. The lowest BCUT2D eigenvalue weighted by molar-refractivity contribution is -0.137. The van der Waals surface area contributed by atoms with Crippen LogP contribution in [0.25, 0.3) is 11.3 Å². The highest BCUT2D eigenvalue weighted by Gasteiger charge is 2.31. The minimum Gasteiger partial charge on any atom is -0.478 e. The number of carbonyl (C=O) groups is 1. The average Bonchev–Trinajstić information content (AvgIpc) is 2.70. The fourth-order valence-corrected chi connectivity index (χ4v) is 2.86. The van der Waals surface area contributed by atoms with Crippen LogP contribution >= 0.6 is 0 Å². The van der Waals surface area contributed by atoms with Gasteiger partial charge in [-0.15, -0.1) is 0 Å². The van der Waals surface area contributed by atoms with Crippen LogP contribution in [-0.2, 0) is 19.6 Å². The summed E-state index contributed by atoms with van der Waals surface area (Å²) in [5, 5.41) is 9.45. The van der Waals surface area contributed by atoms with Crippen molar-refractivity contribution in [1.82, 2.24) is 4.57 Å². The van der Waals surface area contributed by atoms with Crippen molar-refractivity contribution in [3.05, 3.63) is 46.6 Å². The van der Waals surface area contributed by atoms with Gasteiger partial charge in [0.2, 0.25) is 0 Å². The third-order valence-corrected chi connectivity index (χ3v) is 3.97. The Labute approximate surface area is 132 Å². The van der Waals surface area contributed by atoms with Crippen molar-refractivity contribution in [2.24, 2.45) is 7.05 Å². The Bertz CT molecular complexity index is 745. The van der Waals surface area contributed by atoms with Crippen LogP contribution in [0.3, 0.4) is 0 Å². The van der Waals surface area contributed by atoms with Crippen LogP contribution in [0.2, 0.25) is 0 Å². The average molecular weight is 325 g/mol. The Morgan fingerprint density at radius 1 is 1.30 bits per heavy atom. The number of rotatable bonds is 4. The van der Waals surface area contributed by atoms with Gasteiger partial charge in [-0.2, -0.15) is 13.2 Å². The van der Waals surface area contributed by atoms with Crippen LogP contribution in [0.5, 0.6) is 0 Å². The van der Waals surface area contributed by atoms with E-state index in [0.717, 1.165) is 12.1 Å².